The Hall–Kier alpha value is -2.69. The van der Waals surface area contributed by atoms with E-state index in [2.05, 4.69) is 11.6 Å². The third-order valence-electron chi connectivity index (χ3n) is 2.90. The lowest BCUT2D eigenvalue weighted by Crippen LogP contribution is -2.16. The van der Waals surface area contributed by atoms with E-state index in [4.69, 9.17) is 5.73 Å². The van der Waals surface area contributed by atoms with Gasteiger partial charge in [0.1, 0.15) is 17.3 Å². The van der Waals surface area contributed by atoms with Gasteiger partial charge in [-0.15, -0.1) is 0 Å². The fraction of sp³-hybridized carbons (Fsp3) is 0.0667. The number of carbonyl (C=O) groups excluding carboxylic acids is 1. The zero-order chi connectivity index (χ0) is 14.9. The molecule has 102 valence electrons. The van der Waals surface area contributed by atoms with Crippen molar-refractivity contribution in [2.24, 2.45) is 5.73 Å². The summed E-state index contributed by atoms with van der Waals surface area (Å²) in [6, 6.07) is 7.12. The molecule has 0 aliphatic rings. The number of amides is 1. The van der Waals surface area contributed by atoms with E-state index in [1.165, 1.54) is 30.3 Å². The van der Waals surface area contributed by atoms with Crippen molar-refractivity contribution in [2.75, 3.05) is 0 Å². The predicted octanol–water partition coefficient (Wildman–Crippen LogP) is 2.82. The molecular formula is C15H13FN2O2. The van der Waals surface area contributed by atoms with Gasteiger partial charge in [-0.05, 0) is 36.2 Å². The van der Waals surface area contributed by atoms with Gasteiger partial charge in [0.15, 0.2) is 0 Å². The van der Waals surface area contributed by atoms with Gasteiger partial charge in [-0.25, -0.2) is 9.37 Å². The number of pyridine rings is 1. The van der Waals surface area contributed by atoms with E-state index >= 15 is 0 Å². The Morgan fingerprint density at radius 2 is 1.95 bits per heavy atom. The SMILES string of the molecule is C=C(O)c1cc(-c2ccc(F)cc2)c(C(N)=O)c(C)n1. The lowest BCUT2D eigenvalue weighted by molar-refractivity contribution is 0.1000. The molecule has 0 aliphatic heterocycles. The van der Waals surface area contributed by atoms with Crippen LogP contribution in [0.1, 0.15) is 21.7 Å². The Balaban J connectivity index is 2.74. The Bertz CT molecular complexity index is 694. The normalized spacial score (nSPS) is 10.3. The first-order chi connectivity index (χ1) is 9.40. The summed E-state index contributed by atoms with van der Waals surface area (Å²) < 4.78 is 13.0. The first-order valence-electron chi connectivity index (χ1n) is 5.85. The monoisotopic (exact) mass is 272 g/mol. The maximum Gasteiger partial charge on any atom is 0.251 e. The molecule has 0 fully saturated rings. The van der Waals surface area contributed by atoms with Crippen LogP contribution in [0.3, 0.4) is 0 Å². The van der Waals surface area contributed by atoms with Gasteiger partial charge >= 0.3 is 0 Å². The average Bonchev–Trinajstić information content (AvgIpc) is 2.38. The molecule has 1 aromatic heterocycles. The molecule has 0 atom stereocenters. The molecule has 20 heavy (non-hydrogen) atoms. The van der Waals surface area contributed by atoms with Crippen molar-refractivity contribution in [1.82, 2.24) is 4.98 Å². The fourth-order valence-electron chi connectivity index (χ4n) is 1.99. The van der Waals surface area contributed by atoms with Crippen LogP contribution >= 0.6 is 0 Å². The second-order valence-electron chi connectivity index (χ2n) is 4.33. The van der Waals surface area contributed by atoms with E-state index in [9.17, 15) is 14.3 Å². The molecule has 2 aromatic rings. The highest BCUT2D eigenvalue weighted by Gasteiger charge is 2.17. The summed E-state index contributed by atoms with van der Waals surface area (Å²) in [7, 11) is 0. The molecule has 0 radical (unpaired) electrons. The number of primary amides is 1. The molecule has 1 heterocycles. The topological polar surface area (TPSA) is 76.2 Å². The number of aliphatic hydroxyl groups is 1. The van der Waals surface area contributed by atoms with Crippen LogP contribution in [0.5, 0.6) is 0 Å². The average molecular weight is 272 g/mol. The number of benzene rings is 1. The summed E-state index contributed by atoms with van der Waals surface area (Å²) in [5.74, 6) is -1.23. The lowest BCUT2D eigenvalue weighted by Gasteiger charge is -2.12. The third kappa shape index (κ3) is 2.51. The van der Waals surface area contributed by atoms with Crippen molar-refractivity contribution in [3.8, 4) is 11.1 Å². The maximum atomic E-state index is 13.0. The van der Waals surface area contributed by atoms with Crippen molar-refractivity contribution < 1.29 is 14.3 Å². The number of aliphatic hydroxyl groups excluding tert-OH is 1. The quantitative estimate of drug-likeness (QED) is 0.843. The summed E-state index contributed by atoms with van der Waals surface area (Å²) >= 11 is 0. The van der Waals surface area contributed by atoms with Gasteiger partial charge in [0, 0.05) is 0 Å². The number of nitrogens with zero attached hydrogens (tertiary/aromatic N) is 1. The minimum atomic E-state index is -0.635. The van der Waals surface area contributed by atoms with Crippen LogP contribution in [-0.4, -0.2) is 16.0 Å². The van der Waals surface area contributed by atoms with Crippen LogP contribution in [-0.2, 0) is 0 Å². The van der Waals surface area contributed by atoms with Gasteiger partial charge in [-0.1, -0.05) is 18.7 Å². The van der Waals surface area contributed by atoms with Gasteiger partial charge in [0.05, 0.1) is 11.3 Å². The predicted molar refractivity (Wildman–Crippen MR) is 74.5 cm³/mol. The summed E-state index contributed by atoms with van der Waals surface area (Å²) in [4.78, 5) is 15.7. The number of hydrogen-bond donors (Lipinski definition) is 2. The lowest BCUT2D eigenvalue weighted by atomic mass is 9.97. The van der Waals surface area contributed by atoms with E-state index in [1.54, 1.807) is 6.92 Å². The standard InChI is InChI=1S/C15H13FN2O2/c1-8-14(15(17)20)12(7-13(18-8)9(2)19)10-3-5-11(16)6-4-10/h3-7,19H,2H2,1H3,(H2,17,20). The number of carbonyl (C=O) groups is 1. The molecule has 4 nitrogen and oxygen atoms in total. The highest BCUT2D eigenvalue weighted by molar-refractivity contribution is 6.01. The van der Waals surface area contributed by atoms with Crippen molar-refractivity contribution >= 4 is 11.7 Å². The molecule has 5 heteroatoms. The van der Waals surface area contributed by atoms with Crippen LogP contribution in [0.2, 0.25) is 0 Å². The summed E-state index contributed by atoms with van der Waals surface area (Å²) in [5.41, 5.74) is 7.32. The number of aryl methyl sites for hydroxylation is 1. The molecule has 0 saturated carbocycles. The second-order valence-corrected chi connectivity index (χ2v) is 4.33. The van der Waals surface area contributed by atoms with Crippen molar-refractivity contribution in [2.45, 2.75) is 6.92 Å². The summed E-state index contributed by atoms with van der Waals surface area (Å²) in [6.45, 7) is 5.02. The minimum Gasteiger partial charge on any atom is -0.506 e. The van der Waals surface area contributed by atoms with E-state index in [0.717, 1.165) is 0 Å². The number of halogens is 1. The Morgan fingerprint density at radius 3 is 2.45 bits per heavy atom. The highest BCUT2D eigenvalue weighted by Crippen LogP contribution is 2.27. The maximum absolute atomic E-state index is 13.0. The molecule has 0 bridgehead atoms. The highest BCUT2D eigenvalue weighted by atomic mass is 19.1. The van der Waals surface area contributed by atoms with E-state index < -0.39 is 5.91 Å². The van der Waals surface area contributed by atoms with E-state index in [1.807, 2.05) is 0 Å². The van der Waals surface area contributed by atoms with Gasteiger partial charge < -0.3 is 10.8 Å². The van der Waals surface area contributed by atoms with E-state index in [0.29, 0.717) is 16.8 Å². The van der Waals surface area contributed by atoms with Crippen LogP contribution in [0.25, 0.3) is 16.9 Å². The Morgan fingerprint density at radius 1 is 1.35 bits per heavy atom. The van der Waals surface area contributed by atoms with Crippen LogP contribution in [0.4, 0.5) is 4.39 Å². The first-order valence-corrected chi connectivity index (χ1v) is 5.85. The van der Waals surface area contributed by atoms with Gasteiger partial charge in [-0.2, -0.15) is 0 Å². The van der Waals surface area contributed by atoms with Crippen molar-refractivity contribution in [1.29, 1.82) is 0 Å². The minimum absolute atomic E-state index is 0.215. The van der Waals surface area contributed by atoms with Crippen molar-refractivity contribution in [3.05, 3.63) is 59.7 Å². The van der Waals surface area contributed by atoms with Gasteiger partial charge in [0.2, 0.25) is 0 Å². The number of rotatable bonds is 3. The first kappa shape index (κ1) is 13.7. The van der Waals surface area contributed by atoms with Gasteiger partial charge in [0.25, 0.3) is 5.91 Å². The zero-order valence-corrected chi connectivity index (χ0v) is 10.9. The third-order valence-corrected chi connectivity index (χ3v) is 2.90. The molecule has 0 unspecified atom stereocenters. The van der Waals surface area contributed by atoms with Crippen LogP contribution in [0.15, 0.2) is 36.9 Å². The summed E-state index contributed by atoms with van der Waals surface area (Å²) in [5, 5.41) is 9.46. The number of aromatic nitrogens is 1. The van der Waals surface area contributed by atoms with Gasteiger partial charge in [-0.3, -0.25) is 4.79 Å². The molecule has 1 amide bonds. The fourth-order valence-corrected chi connectivity index (χ4v) is 1.99. The van der Waals surface area contributed by atoms with Crippen molar-refractivity contribution in [3.63, 3.8) is 0 Å². The molecule has 0 saturated heterocycles. The molecular weight excluding hydrogens is 259 g/mol. The van der Waals surface area contributed by atoms with Crippen LogP contribution < -0.4 is 5.73 Å². The van der Waals surface area contributed by atoms with E-state index in [-0.39, 0.29) is 22.8 Å². The largest absolute Gasteiger partial charge is 0.506 e. The van der Waals surface area contributed by atoms with Crippen LogP contribution in [0, 0.1) is 12.7 Å². The number of nitrogens with two attached hydrogens (primary N) is 1. The zero-order valence-electron chi connectivity index (χ0n) is 10.9. The summed E-state index contributed by atoms with van der Waals surface area (Å²) in [6.07, 6.45) is 0. The second kappa shape index (κ2) is 5.13. The molecule has 0 spiro atoms. The Kier molecular flexibility index (Phi) is 3.52. The molecule has 2 rings (SSSR count). The molecule has 3 N–H and O–H groups in total. The molecule has 1 aromatic carbocycles. The smallest absolute Gasteiger partial charge is 0.251 e. The molecule has 0 aliphatic carbocycles. The number of hydrogen-bond acceptors (Lipinski definition) is 3. The Labute approximate surface area is 115 Å².